The zero-order chi connectivity index (χ0) is 20.1. The van der Waals surface area contributed by atoms with Gasteiger partial charge in [-0.3, -0.25) is 9.59 Å². The van der Waals surface area contributed by atoms with E-state index in [2.05, 4.69) is 5.32 Å². The number of hydrogen-bond donors (Lipinski definition) is 1. The van der Waals surface area contributed by atoms with Crippen LogP contribution in [0.25, 0.3) is 0 Å². The molecule has 1 saturated heterocycles. The molecular weight excluding hydrogens is 376 g/mol. The molecule has 0 unspecified atom stereocenters. The van der Waals surface area contributed by atoms with Gasteiger partial charge in [0.25, 0.3) is 11.7 Å². The maximum Gasteiger partial charge on any atom is 0.296 e. The largest absolute Gasteiger partial charge is 0.319 e. The lowest BCUT2D eigenvalue weighted by Gasteiger charge is -2.20. The quantitative estimate of drug-likeness (QED) is 0.616. The molecule has 1 amide bonds. The second-order valence-electron chi connectivity index (χ2n) is 6.99. The summed E-state index contributed by atoms with van der Waals surface area (Å²) in [5, 5.41) is 2.53. The molecule has 1 aliphatic rings. The second-order valence-corrected chi connectivity index (χ2v) is 8.93. The van der Waals surface area contributed by atoms with Crippen molar-refractivity contribution in [2.75, 3.05) is 18.4 Å². The van der Waals surface area contributed by atoms with Crippen LogP contribution in [0, 0.1) is 6.92 Å². The Kier molecular flexibility index (Phi) is 6.26. The van der Waals surface area contributed by atoms with Crippen LogP contribution in [0.4, 0.5) is 5.69 Å². The average Bonchev–Trinajstić information content (AvgIpc) is 2.98. The number of rotatable bonds is 5. The number of anilines is 1. The summed E-state index contributed by atoms with van der Waals surface area (Å²) in [5.74, 6) is -1.40. The van der Waals surface area contributed by atoms with E-state index in [1.807, 2.05) is 6.92 Å². The lowest BCUT2D eigenvalue weighted by molar-refractivity contribution is -0.112. The number of nitrogens with one attached hydrogen (secondary N) is 1. The zero-order valence-corrected chi connectivity index (χ0v) is 16.7. The molecule has 0 atom stereocenters. The molecule has 0 radical (unpaired) electrons. The predicted octanol–water partition coefficient (Wildman–Crippen LogP) is 3.38. The number of benzene rings is 2. The monoisotopic (exact) mass is 400 g/mol. The van der Waals surface area contributed by atoms with Crippen LogP contribution in [0.5, 0.6) is 0 Å². The summed E-state index contributed by atoms with van der Waals surface area (Å²) in [5.41, 5.74) is 1.68. The van der Waals surface area contributed by atoms with Crippen LogP contribution in [0.1, 0.15) is 41.6 Å². The third kappa shape index (κ3) is 4.66. The molecule has 28 heavy (non-hydrogen) atoms. The van der Waals surface area contributed by atoms with Crippen LogP contribution in [0.3, 0.4) is 0 Å². The highest BCUT2D eigenvalue weighted by Gasteiger charge is 2.25. The molecule has 1 fully saturated rings. The van der Waals surface area contributed by atoms with E-state index in [1.54, 1.807) is 24.3 Å². The molecule has 1 aliphatic heterocycles. The maximum absolute atomic E-state index is 12.8. The molecule has 2 aromatic rings. The minimum atomic E-state index is -3.54. The van der Waals surface area contributed by atoms with Crippen LogP contribution >= 0.6 is 0 Å². The van der Waals surface area contributed by atoms with Gasteiger partial charge in [-0.25, -0.2) is 8.42 Å². The Hall–Kier alpha value is -2.51. The van der Waals surface area contributed by atoms with Gasteiger partial charge in [0.1, 0.15) is 0 Å². The fourth-order valence-corrected chi connectivity index (χ4v) is 4.68. The molecule has 0 aromatic heterocycles. The van der Waals surface area contributed by atoms with Gasteiger partial charge in [0.15, 0.2) is 0 Å². The van der Waals surface area contributed by atoms with Gasteiger partial charge < -0.3 is 5.32 Å². The molecule has 0 saturated carbocycles. The number of carbonyl (C=O) groups excluding carboxylic acids is 2. The molecule has 0 aliphatic carbocycles. The molecule has 2 aromatic carbocycles. The van der Waals surface area contributed by atoms with Gasteiger partial charge in [-0.15, -0.1) is 0 Å². The van der Waals surface area contributed by atoms with E-state index in [1.165, 1.54) is 28.6 Å². The fourth-order valence-electron chi connectivity index (χ4n) is 3.17. The first-order valence-electron chi connectivity index (χ1n) is 9.40. The van der Waals surface area contributed by atoms with E-state index >= 15 is 0 Å². The van der Waals surface area contributed by atoms with E-state index in [9.17, 15) is 18.0 Å². The summed E-state index contributed by atoms with van der Waals surface area (Å²) in [4.78, 5) is 24.6. The highest BCUT2D eigenvalue weighted by atomic mass is 32.2. The van der Waals surface area contributed by atoms with Crippen molar-refractivity contribution in [3.63, 3.8) is 0 Å². The van der Waals surface area contributed by atoms with Crippen LogP contribution < -0.4 is 5.32 Å². The molecular formula is C21H24N2O4S. The van der Waals surface area contributed by atoms with E-state index < -0.39 is 21.7 Å². The minimum absolute atomic E-state index is 0.192. The number of nitrogens with zero attached hydrogens (tertiary/aromatic N) is 1. The van der Waals surface area contributed by atoms with Crippen LogP contribution in [-0.4, -0.2) is 37.5 Å². The van der Waals surface area contributed by atoms with Crippen molar-refractivity contribution in [2.45, 2.75) is 37.5 Å². The first kappa shape index (κ1) is 20.2. The Balaban J connectivity index is 1.69. The third-order valence-electron chi connectivity index (χ3n) is 4.83. The molecule has 0 spiro atoms. The summed E-state index contributed by atoms with van der Waals surface area (Å²) in [6.45, 7) is 2.97. The molecule has 0 bridgehead atoms. The molecule has 1 N–H and O–H groups in total. The van der Waals surface area contributed by atoms with Gasteiger partial charge >= 0.3 is 0 Å². The number of sulfonamides is 1. The topological polar surface area (TPSA) is 83.5 Å². The Labute approximate surface area is 165 Å². The molecule has 148 valence electrons. The normalized spacial score (nSPS) is 15.6. The lowest BCUT2D eigenvalue weighted by atomic mass is 10.1. The van der Waals surface area contributed by atoms with Crippen molar-refractivity contribution in [2.24, 2.45) is 0 Å². The number of carbonyl (C=O) groups is 2. The number of ketones is 1. The van der Waals surface area contributed by atoms with Crippen molar-refractivity contribution >= 4 is 27.4 Å². The second kappa shape index (κ2) is 8.67. The first-order chi connectivity index (χ1) is 13.4. The van der Waals surface area contributed by atoms with Crippen molar-refractivity contribution in [1.29, 1.82) is 0 Å². The highest BCUT2D eigenvalue weighted by Crippen LogP contribution is 2.22. The molecule has 6 nitrogen and oxygen atoms in total. The number of aryl methyl sites for hydroxylation is 1. The van der Waals surface area contributed by atoms with Crippen molar-refractivity contribution in [3.05, 3.63) is 59.7 Å². The summed E-state index contributed by atoms with van der Waals surface area (Å²) >= 11 is 0. The average molecular weight is 401 g/mol. The van der Waals surface area contributed by atoms with Gasteiger partial charge in [0, 0.05) is 24.3 Å². The molecule has 7 heteroatoms. The number of amides is 1. The van der Waals surface area contributed by atoms with Gasteiger partial charge in [-0.2, -0.15) is 4.31 Å². The van der Waals surface area contributed by atoms with Crippen molar-refractivity contribution < 1.29 is 18.0 Å². The Morgan fingerprint density at radius 3 is 2.00 bits per heavy atom. The third-order valence-corrected chi connectivity index (χ3v) is 6.75. The standard InChI is InChI=1S/C21H24N2O4S/c1-16-6-8-17(9-7-16)20(24)21(25)22-18-10-12-19(13-11-18)28(26,27)23-14-4-2-3-5-15-23/h6-13H,2-5,14-15H2,1H3,(H,22,25). The van der Waals surface area contributed by atoms with Gasteiger partial charge in [0.05, 0.1) is 4.90 Å². The molecule has 1 heterocycles. The van der Waals surface area contributed by atoms with E-state index in [-0.39, 0.29) is 4.90 Å². The fraction of sp³-hybridized carbons (Fsp3) is 0.333. The minimum Gasteiger partial charge on any atom is -0.319 e. The van der Waals surface area contributed by atoms with Crippen molar-refractivity contribution in [3.8, 4) is 0 Å². The maximum atomic E-state index is 12.8. The Bertz CT molecular complexity index is 943. The Morgan fingerprint density at radius 1 is 0.857 bits per heavy atom. The molecule has 3 rings (SSSR count). The first-order valence-corrected chi connectivity index (χ1v) is 10.8. The van der Waals surface area contributed by atoms with Crippen molar-refractivity contribution in [1.82, 2.24) is 4.31 Å². The van der Waals surface area contributed by atoms with E-state index in [0.717, 1.165) is 31.2 Å². The summed E-state index contributed by atoms with van der Waals surface area (Å²) < 4.78 is 27.1. The van der Waals surface area contributed by atoms with E-state index in [0.29, 0.717) is 24.3 Å². The van der Waals surface area contributed by atoms with Gasteiger partial charge in [-0.1, -0.05) is 42.7 Å². The highest BCUT2D eigenvalue weighted by molar-refractivity contribution is 7.89. The number of hydrogen-bond acceptors (Lipinski definition) is 4. The van der Waals surface area contributed by atoms with Crippen LogP contribution in [0.2, 0.25) is 0 Å². The Morgan fingerprint density at radius 2 is 1.43 bits per heavy atom. The zero-order valence-electron chi connectivity index (χ0n) is 15.8. The van der Waals surface area contributed by atoms with Gasteiger partial charge in [-0.05, 0) is 44.0 Å². The van der Waals surface area contributed by atoms with E-state index in [4.69, 9.17) is 0 Å². The lowest BCUT2D eigenvalue weighted by Crippen LogP contribution is -2.31. The predicted molar refractivity (Wildman–Crippen MR) is 108 cm³/mol. The summed E-state index contributed by atoms with van der Waals surface area (Å²) in [6.07, 6.45) is 3.83. The van der Waals surface area contributed by atoms with Crippen LogP contribution in [0.15, 0.2) is 53.4 Å². The summed E-state index contributed by atoms with van der Waals surface area (Å²) in [7, 11) is -3.54. The SMILES string of the molecule is Cc1ccc(C(=O)C(=O)Nc2ccc(S(=O)(=O)N3CCCCCC3)cc2)cc1. The summed E-state index contributed by atoms with van der Waals surface area (Å²) in [6, 6.07) is 12.7. The van der Waals surface area contributed by atoms with Gasteiger partial charge in [0.2, 0.25) is 10.0 Å². The van der Waals surface area contributed by atoms with Crippen LogP contribution in [-0.2, 0) is 14.8 Å². The smallest absolute Gasteiger partial charge is 0.296 e. The number of Topliss-reactive ketones (excluding diaryl/α,β-unsaturated/α-hetero) is 1.